The van der Waals surface area contributed by atoms with Crippen LogP contribution in [-0.2, 0) is 0 Å². The summed E-state index contributed by atoms with van der Waals surface area (Å²) < 4.78 is 2.97. The summed E-state index contributed by atoms with van der Waals surface area (Å²) >= 11 is 0. The average Bonchev–Trinajstić information content (AvgIpc) is 2.38. The SMILES string of the molecule is CC(C)n1c(N(C)C)nc(=O)n(C2CCCCC2)c1=O. The second-order valence-electron chi connectivity index (χ2n) is 6.00. The van der Waals surface area contributed by atoms with Crippen molar-refractivity contribution in [2.75, 3.05) is 19.0 Å². The molecule has 2 rings (SSSR count). The molecule has 1 aromatic rings. The minimum Gasteiger partial charge on any atom is -0.348 e. The number of aromatic nitrogens is 3. The smallest absolute Gasteiger partial charge is 0.348 e. The average molecular weight is 280 g/mol. The molecule has 0 unspecified atom stereocenters. The molecular formula is C14H24N4O2. The van der Waals surface area contributed by atoms with Crippen LogP contribution < -0.4 is 16.3 Å². The van der Waals surface area contributed by atoms with Crippen LogP contribution >= 0.6 is 0 Å². The van der Waals surface area contributed by atoms with E-state index in [1.165, 1.54) is 11.0 Å². The van der Waals surface area contributed by atoms with Gasteiger partial charge in [0.15, 0.2) is 0 Å². The molecule has 0 N–H and O–H groups in total. The molecule has 0 amide bonds. The minimum atomic E-state index is -0.414. The monoisotopic (exact) mass is 280 g/mol. The van der Waals surface area contributed by atoms with Gasteiger partial charge in [-0.3, -0.25) is 4.57 Å². The quantitative estimate of drug-likeness (QED) is 0.843. The maximum Gasteiger partial charge on any atom is 0.355 e. The fraction of sp³-hybridized carbons (Fsp3) is 0.786. The van der Waals surface area contributed by atoms with Crippen LogP contribution in [0, 0.1) is 0 Å². The van der Waals surface area contributed by atoms with E-state index >= 15 is 0 Å². The lowest BCUT2D eigenvalue weighted by Gasteiger charge is -2.26. The molecule has 0 radical (unpaired) electrons. The molecule has 1 saturated carbocycles. The zero-order valence-corrected chi connectivity index (χ0v) is 12.8. The van der Waals surface area contributed by atoms with Gasteiger partial charge in [-0.1, -0.05) is 19.3 Å². The summed E-state index contributed by atoms with van der Waals surface area (Å²) in [6.07, 6.45) is 5.14. The van der Waals surface area contributed by atoms with E-state index in [0.717, 1.165) is 25.7 Å². The molecule has 0 aliphatic heterocycles. The second-order valence-corrected chi connectivity index (χ2v) is 6.00. The van der Waals surface area contributed by atoms with E-state index in [4.69, 9.17) is 0 Å². The molecule has 0 atom stereocenters. The molecule has 1 fully saturated rings. The van der Waals surface area contributed by atoms with E-state index in [1.54, 1.807) is 23.6 Å². The van der Waals surface area contributed by atoms with Crippen molar-refractivity contribution in [3.63, 3.8) is 0 Å². The maximum atomic E-state index is 12.7. The van der Waals surface area contributed by atoms with Gasteiger partial charge < -0.3 is 4.90 Å². The Balaban J connectivity index is 2.61. The zero-order valence-electron chi connectivity index (χ0n) is 12.8. The first-order chi connectivity index (χ1) is 9.43. The summed E-state index contributed by atoms with van der Waals surface area (Å²) in [6, 6.07) is -0.0136. The molecule has 6 heteroatoms. The predicted octanol–water partition coefficient (Wildman–Crippen LogP) is 1.56. The second kappa shape index (κ2) is 5.81. The van der Waals surface area contributed by atoms with Crippen molar-refractivity contribution in [3.8, 4) is 0 Å². The standard InChI is InChI=1S/C14H24N4O2/c1-10(2)17-12(16(3)4)15-13(19)18(14(17)20)11-8-6-5-7-9-11/h10-11H,5-9H2,1-4H3. The van der Waals surface area contributed by atoms with Gasteiger partial charge in [0.2, 0.25) is 5.95 Å². The predicted molar refractivity (Wildman–Crippen MR) is 79.6 cm³/mol. The Labute approximate surface area is 119 Å². The number of hydrogen-bond acceptors (Lipinski definition) is 4. The van der Waals surface area contributed by atoms with E-state index in [1.807, 2.05) is 13.8 Å². The summed E-state index contributed by atoms with van der Waals surface area (Å²) in [4.78, 5) is 30.8. The third-order valence-corrected chi connectivity index (χ3v) is 3.89. The van der Waals surface area contributed by atoms with Crippen LogP contribution in [0.5, 0.6) is 0 Å². The van der Waals surface area contributed by atoms with Crippen molar-refractivity contribution in [2.24, 2.45) is 0 Å². The first kappa shape index (κ1) is 14.8. The fourth-order valence-electron chi connectivity index (χ4n) is 2.90. The van der Waals surface area contributed by atoms with Gasteiger partial charge in [0.1, 0.15) is 0 Å². The van der Waals surface area contributed by atoms with Gasteiger partial charge in [-0.15, -0.1) is 0 Å². The lowest BCUT2D eigenvalue weighted by atomic mass is 9.95. The molecular weight excluding hydrogens is 256 g/mol. The highest BCUT2D eigenvalue weighted by molar-refractivity contribution is 5.27. The van der Waals surface area contributed by atoms with E-state index in [-0.39, 0.29) is 17.8 Å². The van der Waals surface area contributed by atoms with Crippen LogP contribution in [0.3, 0.4) is 0 Å². The van der Waals surface area contributed by atoms with Crippen molar-refractivity contribution < 1.29 is 0 Å². The van der Waals surface area contributed by atoms with Crippen LogP contribution in [0.25, 0.3) is 0 Å². The van der Waals surface area contributed by atoms with Crippen LogP contribution in [0.4, 0.5) is 5.95 Å². The van der Waals surface area contributed by atoms with Gasteiger partial charge in [-0.2, -0.15) is 4.98 Å². The van der Waals surface area contributed by atoms with Crippen molar-refractivity contribution in [2.45, 2.75) is 58.0 Å². The molecule has 0 aromatic carbocycles. The lowest BCUT2D eigenvalue weighted by molar-refractivity contribution is 0.320. The first-order valence-electron chi connectivity index (χ1n) is 7.36. The molecule has 1 aromatic heterocycles. The molecule has 0 bridgehead atoms. The third-order valence-electron chi connectivity index (χ3n) is 3.89. The third kappa shape index (κ3) is 2.64. The van der Waals surface area contributed by atoms with Gasteiger partial charge in [0.25, 0.3) is 0 Å². The Morgan fingerprint density at radius 1 is 1.15 bits per heavy atom. The van der Waals surface area contributed by atoms with E-state index < -0.39 is 5.69 Å². The highest BCUT2D eigenvalue weighted by atomic mass is 16.2. The lowest BCUT2D eigenvalue weighted by Crippen LogP contribution is -2.46. The fourth-order valence-corrected chi connectivity index (χ4v) is 2.90. The first-order valence-corrected chi connectivity index (χ1v) is 7.36. The Morgan fingerprint density at radius 2 is 1.75 bits per heavy atom. The Bertz CT molecular complexity index is 580. The molecule has 1 aliphatic carbocycles. The summed E-state index contributed by atoms with van der Waals surface area (Å²) in [7, 11) is 3.59. The van der Waals surface area contributed by atoms with E-state index in [2.05, 4.69) is 4.98 Å². The molecule has 1 aliphatic rings. The normalized spacial score (nSPS) is 16.6. The van der Waals surface area contributed by atoms with Crippen molar-refractivity contribution >= 4 is 5.95 Å². The minimum absolute atomic E-state index is 0.0115. The topological polar surface area (TPSA) is 60.1 Å². The number of rotatable bonds is 3. The number of hydrogen-bond donors (Lipinski definition) is 0. The molecule has 20 heavy (non-hydrogen) atoms. The summed E-state index contributed by atoms with van der Waals surface area (Å²) in [6.45, 7) is 3.87. The molecule has 6 nitrogen and oxygen atoms in total. The Kier molecular flexibility index (Phi) is 4.30. The summed E-state index contributed by atoms with van der Waals surface area (Å²) in [5, 5.41) is 0. The summed E-state index contributed by atoms with van der Waals surface area (Å²) in [5.41, 5.74) is -0.641. The van der Waals surface area contributed by atoms with Crippen molar-refractivity contribution in [3.05, 3.63) is 21.0 Å². The van der Waals surface area contributed by atoms with Crippen molar-refractivity contribution in [1.29, 1.82) is 0 Å². The van der Waals surface area contributed by atoms with E-state index in [9.17, 15) is 9.59 Å². The number of nitrogens with zero attached hydrogens (tertiary/aromatic N) is 4. The highest BCUT2D eigenvalue weighted by Crippen LogP contribution is 2.26. The van der Waals surface area contributed by atoms with Gasteiger partial charge in [0, 0.05) is 26.2 Å². The molecule has 0 saturated heterocycles. The zero-order chi connectivity index (χ0) is 14.9. The Hall–Kier alpha value is -1.59. The van der Waals surface area contributed by atoms with Crippen molar-refractivity contribution in [1.82, 2.24) is 14.1 Å². The molecule has 0 spiro atoms. The Morgan fingerprint density at radius 3 is 2.25 bits per heavy atom. The van der Waals surface area contributed by atoms with Gasteiger partial charge >= 0.3 is 11.4 Å². The summed E-state index contributed by atoms with van der Waals surface area (Å²) in [5.74, 6) is 0.432. The number of anilines is 1. The van der Waals surface area contributed by atoms with Crippen LogP contribution in [-0.4, -0.2) is 28.2 Å². The van der Waals surface area contributed by atoms with Gasteiger partial charge in [-0.25, -0.2) is 14.2 Å². The molecule has 112 valence electrons. The maximum absolute atomic E-state index is 12.7. The van der Waals surface area contributed by atoms with Crippen LogP contribution in [0.1, 0.15) is 58.0 Å². The van der Waals surface area contributed by atoms with Crippen LogP contribution in [0.15, 0.2) is 9.59 Å². The van der Waals surface area contributed by atoms with E-state index in [0.29, 0.717) is 5.95 Å². The molecule has 1 heterocycles. The highest BCUT2D eigenvalue weighted by Gasteiger charge is 2.23. The van der Waals surface area contributed by atoms with Gasteiger partial charge in [-0.05, 0) is 26.7 Å². The van der Waals surface area contributed by atoms with Crippen LogP contribution in [0.2, 0.25) is 0 Å². The van der Waals surface area contributed by atoms with Gasteiger partial charge in [0.05, 0.1) is 0 Å². The largest absolute Gasteiger partial charge is 0.355 e.